The van der Waals surface area contributed by atoms with Gasteiger partial charge >= 0.3 is 6.18 Å². The van der Waals surface area contributed by atoms with Crippen LogP contribution in [0.2, 0.25) is 0 Å². The fourth-order valence-electron chi connectivity index (χ4n) is 3.48. The first-order valence-electron chi connectivity index (χ1n) is 10.5. The molecule has 0 bridgehead atoms. The summed E-state index contributed by atoms with van der Waals surface area (Å²) in [5.41, 5.74) is -2.25. The van der Waals surface area contributed by atoms with Crippen LogP contribution in [0.5, 0.6) is 5.75 Å². The second-order valence-electron chi connectivity index (χ2n) is 7.48. The van der Waals surface area contributed by atoms with E-state index in [9.17, 15) is 22.8 Å². The fourth-order valence-corrected chi connectivity index (χ4v) is 3.48. The van der Waals surface area contributed by atoms with Gasteiger partial charge in [-0.2, -0.15) is 23.5 Å². The number of ether oxygens (including phenoxy) is 1. The molecule has 0 spiro atoms. The first kappa shape index (κ1) is 24.0. The molecule has 1 saturated heterocycles. The standard InChI is InChI=1S/C21H23F3N6O3/c22-21(23,24)19-16(14-27-28-20(19)32)33-11-3-1-2-4-18(31)30-9-7-29(8-10-30)17-6-5-15(12-25)13-26-17/h5-6,13-14H,1-4,7-11H2,(H,28,32). The maximum atomic E-state index is 13.0. The summed E-state index contributed by atoms with van der Waals surface area (Å²) in [5.74, 6) is 0.198. The summed E-state index contributed by atoms with van der Waals surface area (Å²) in [6.45, 7) is 2.41. The number of hydrogen-bond donors (Lipinski definition) is 1. The molecule has 33 heavy (non-hydrogen) atoms. The minimum Gasteiger partial charge on any atom is -0.491 e. The number of H-pyrrole nitrogens is 1. The number of anilines is 1. The van der Waals surface area contributed by atoms with E-state index in [-0.39, 0.29) is 12.5 Å². The molecule has 0 aromatic carbocycles. The number of halogens is 3. The second-order valence-corrected chi connectivity index (χ2v) is 7.48. The van der Waals surface area contributed by atoms with E-state index < -0.39 is 23.0 Å². The minimum absolute atomic E-state index is 0.0152. The second kappa shape index (κ2) is 10.8. The van der Waals surface area contributed by atoms with Gasteiger partial charge in [-0.05, 0) is 31.4 Å². The molecule has 0 radical (unpaired) electrons. The van der Waals surface area contributed by atoms with Crippen molar-refractivity contribution in [3.63, 3.8) is 0 Å². The van der Waals surface area contributed by atoms with E-state index >= 15 is 0 Å². The molecule has 176 valence electrons. The van der Waals surface area contributed by atoms with Gasteiger partial charge in [0.1, 0.15) is 11.9 Å². The number of hydrogen-bond acceptors (Lipinski definition) is 7. The summed E-state index contributed by atoms with van der Waals surface area (Å²) in [7, 11) is 0. The Labute approximate surface area is 187 Å². The minimum atomic E-state index is -4.83. The molecule has 9 nitrogen and oxygen atoms in total. The lowest BCUT2D eigenvalue weighted by Crippen LogP contribution is -2.49. The first-order chi connectivity index (χ1) is 15.8. The van der Waals surface area contributed by atoms with Gasteiger partial charge in [0, 0.05) is 38.8 Å². The predicted octanol–water partition coefficient (Wildman–Crippen LogP) is 2.34. The van der Waals surface area contributed by atoms with Crippen LogP contribution in [0.1, 0.15) is 36.8 Å². The van der Waals surface area contributed by atoms with Crippen LogP contribution in [-0.4, -0.2) is 58.8 Å². The van der Waals surface area contributed by atoms with Gasteiger partial charge in [0.15, 0.2) is 11.3 Å². The molecule has 0 atom stereocenters. The molecule has 1 fully saturated rings. The highest BCUT2D eigenvalue weighted by molar-refractivity contribution is 5.76. The van der Waals surface area contributed by atoms with E-state index in [4.69, 9.17) is 10.00 Å². The van der Waals surface area contributed by atoms with E-state index in [1.54, 1.807) is 22.1 Å². The van der Waals surface area contributed by atoms with Crippen LogP contribution in [0.4, 0.5) is 19.0 Å². The van der Waals surface area contributed by atoms with Gasteiger partial charge < -0.3 is 14.5 Å². The third kappa shape index (κ3) is 6.44. The van der Waals surface area contributed by atoms with Crippen LogP contribution in [0, 0.1) is 11.3 Å². The molecule has 0 unspecified atom stereocenters. The van der Waals surface area contributed by atoms with Crippen LogP contribution in [0.15, 0.2) is 29.3 Å². The van der Waals surface area contributed by atoms with Crippen molar-refractivity contribution in [2.24, 2.45) is 0 Å². The highest BCUT2D eigenvalue weighted by Crippen LogP contribution is 2.32. The zero-order valence-electron chi connectivity index (χ0n) is 17.8. The molecule has 3 heterocycles. The zero-order chi connectivity index (χ0) is 23.8. The molecule has 0 aliphatic carbocycles. The number of nitriles is 1. The van der Waals surface area contributed by atoms with Gasteiger partial charge in [0.25, 0.3) is 5.56 Å². The van der Waals surface area contributed by atoms with Gasteiger partial charge in [-0.3, -0.25) is 9.59 Å². The Balaban J connectivity index is 1.35. The Morgan fingerprint density at radius 1 is 1.15 bits per heavy atom. The summed E-state index contributed by atoms with van der Waals surface area (Å²) >= 11 is 0. The Morgan fingerprint density at radius 2 is 1.91 bits per heavy atom. The lowest BCUT2D eigenvalue weighted by Gasteiger charge is -2.35. The van der Waals surface area contributed by atoms with Crippen molar-refractivity contribution in [1.82, 2.24) is 20.1 Å². The highest BCUT2D eigenvalue weighted by atomic mass is 19.4. The number of aromatic nitrogens is 3. The number of alkyl halides is 3. The summed E-state index contributed by atoms with van der Waals surface area (Å²) < 4.78 is 44.0. The molecule has 2 aromatic heterocycles. The van der Waals surface area contributed by atoms with Crippen LogP contribution >= 0.6 is 0 Å². The number of pyridine rings is 1. The molecule has 1 aliphatic heterocycles. The van der Waals surface area contributed by atoms with Crippen LogP contribution in [0.25, 0.3) is 0 Å². The van der Waals surface area contributed by atoms with Gasteiger partial charge in [-0.15, -0.1) is 0 Å². The van der Waals surface area contributed by atoms with Crippen molar-refractivity contribution in [2.75, 3.05) is 37.7 Å². The van der Waals surface area contributed by atoms with Crippen molar-refractivity contribution in [1.29, 1.82) is 5.26 Å². The van der Waals surface area contributed by atoms with E-state index in [0.717, 1.165) is 12.0 Å². The van der Waals surface area contributed by atoms with Gasteiger partial charge in [-0.1, -0.05) is 0 Å². The van der Waals surface area contributed by atoms with Crippen LogP contribution < -0.4 is 15.2 Å². The maximum absolute atomic E-state index is 13.0. The SMILES string of the molecule is N#Cc1ccc(N2CCN(C(=O)CCCCCOc3cn[nH]c(=O)c3C(F)(F)F)CC2)nc1. The third-order valence-electron chi connectivity index (χ3n) is 5.23. The fraction of sp³-hybridized carbons (Fsp3) is 0.476. The molecule has 1 amide bonds. The average Bonchev–Trinajstić information content (AvgIpc) is 2.80. The van der Waals surface area contributed by atoms with E-state index in [1.807, 2.05) is 6.07 Å². The number of amides is 1. The molecular weight excluding hydrogens is 441 g/mol. The molecule has 1 aliphatic rings. The quantitative estimate of drug-likeness (QED) is 0.596. The Bertz CT molecular complexity index is 1040. The average molecular weight is 464 g/mol. The van der Waals surface area contributed by atoms with Crippen molar-refractivity contribution >= 4 is 11.7 Å². The van der Waals surface area contributed by atoms with E-state index in [1.165, 1.54) is 6.20 Å². The molecule has 12 heteroatoms. The number of nitrogens with one attached hydrogen (secondary N) is 1. The zero-order valence-corrected chi connectivity index (χ0v) is 17.8. The number of nitrogens with zero attached hydrogens (tertiary/aromatic N) is 5. The number of rotatable bonds is 8. The summed E-state index contributed by atoms with van der Waals surface area (Å²) in [5, 5.41) is 13.9. The van der Waals surface area contributed by atoms with Crippen molar-refractivity contribution in [3.05, 3.63) is 46.0 Å². The van der Waals surface area contributed by atoms with Gasteiger partial charge in [0.05, 0.1) is 18.4 Å². The number of carbonyl (C=O) groups is 1. The summed E-state index contributed by atoms with van der Waals surface area (Å²) in [6, 6.07) is 5.52. The van der Waals surface area contributed by atoms with Gasteiger partial charge in [0.2, 0.25) is 5.91 Å². The predicted molar refractivity (Wildman–Crippen MR) is 112 cm³/mol. The number of carbonyl (C=O) groups excluding carboxylic acids is 1. The summed E-state index contributed by atoms with van der Waals surface area (Å²) in [4.78, 5) is 31.9. The van der Waals surface area contributed by atoms with Gasteiger partial charge in [-0.25, -0.2) is 10.1 Å². The third-order valence-corrected chi connectivity index (χ3v) is 5.23. The summed E-state index contributed by atoms with van der Waals surface area (Å²) in [6.07, 6.45) is -0.519. The topological polar surface area (TPSA) is 115 Å². The largest absolute Gasteiger partial charge is 0.491 e. The van der Waals surface area contributed by atoms with Crippen LogP contribution in [0.3, 0.4) is 0 Å². The monoisotopic (exact) mass is 464 g/mol. The van der Waals surface area contributed by atoms with Crippen molar-refractivity contribution in [3.8, 4) is 11.8 Å². The maximum Gasteiger partial charge on any atom is 0.425 e. The number of piperazine rings is 1. The number of aromatic amines is 1. The molecule has 1 N–H and O–H groups in total. The molecule has 3 rings (SSSR count). The lowest BCUT2D eigenvalue weighted by molar-refractivity contribution is -0.140. The highest BCUT2D eigenvalue weighted by Gasteiger charge is 2.38. The normalized spacial score (nSPS) is 14.1. The van der Waals surface area contributed by atoms with Crippen LogP contribution in [-0.2, 0) is 11.0 Å². The van der Waals surface area contributed by atoms with Crippen molar-refractivity contribution < 1.29 is 22.7 Å². The Hall–Kier alpha value is -3.62. The smallest absolute Gasteiger partial charge is 0.425 e. The van der Waals surface area contributed by atoms with E-state index in [0.29, 0.717) is 57.4 Å². The van der Waals surface area contributed by atoms with E-state index in [2.05, 4.69) is 15.0 Å². The molecular formula is C21H23F3N6O3. The lowest BCUT2D eigenvalue weighted by atomic mass is 10.1. The molecule has 2 aromatic rings. The Morgan fingerprint density at radius 3 is 2.55 bits per heavy atom. The molecule has 0 saturated carbocycles. The number of unbranched alkanes of at least 4 members (excludes halogenated alkanes) is 2. The first-order valence-corrected chi connectivity index (χ1v) is 10.5. The Kier molecular flexibility index (Phi) is 7.87. The van der Waals surface area contributed by atoms with Crippen molar-refractivity contribution in [2.45, 2.75) is 31.9 Å².